The molecule has 5 heterocycles. The Balaban J connectivity index is 0.000000194. The fraction of sp³-hybridized carbons (Fsp3) is 0.183. The SMILES string of the molecule is CC(C)c1c[c-]c(N2[CH-]N(CCCCN3[CH-]N(c4[c-]cc(C(C)C)cc4)c4ccccc43)c3ccccc32)cc1.CN1[CH-]N(c2[c-]c(Oc3[c-]c(-c4[c-]cccn4)ncc3)ccc2)c2ccccc21.[Ir].[Pt]. The summed E-state index contributed by atoms with van der Waals surface area (Å²) in [7, 11) is 2.03. The summed E-state index contributed by atoms with van der Waals surface area (Å²) in [6, 6.07) is 66.4. The van der Waals surface area contributed by atoms with Crippen LogP contribution in [0.15, 0.2) is 158 Å². The van der Waals surface area contributed by atoms with Gasteiger partial charge in [-0.2, -0.15) is 85.7 Å². The van der Waals surface area contributed by atoms with E-state index < -0.39 is 0 Å². The normalized spacial score (nSPS) is 13.3. The molecule has 0 amide bonds. The number of nitrogens with zero attached hydrogens (tertiary/aromatic N) is 8. The van der Waals surface area contributed by atoms with Gasteiger partial charge in [0.25, 0.3) is 0 Å². The summed E-state index contributed by atoms with van der Waals surface area (Å²) in [6.45, 7) is 17.3. The number of anilines is 9. The smallest absolute Gasteiger partial charge is 0.0326 e. The minimum atomic E-state index is 0. The van der Waals surface area contributed by atoms with E-state index in [4.69, 9.17) is 4.74 Å². The molecule has 11 heteroatoms. The van der Waals surface area contributed by atoms with Crippen molar-refractivity contribution in [1.29, 1.82) is 0 Å². The van der Waals surface area contributed by atoms with Crippen molar-refractivity contribution in [1.82, 2.24) is 9.97 Å². The number of aromatic nitrogens is 2. The third-order valence-corrected chi connectivity index (χ3v) is 12.5. The third-order valence-electron chi connectivity index (χ3n) is 12.5. The Hall–Kier alpha value is -6.44. The van der Waals surface area contributed by atoms with Gasteiger partial charge in [-0.1, -0.05) is 75.9 Å². The average Bonchev–Trinajstić information content (AvgIpc) is 4.07. The van der Waals surface area contributed by atoms with Gasteiger partial charge in [0, 0.05) is 86.8 Å². The van der Waals surface area contributed by atoms with Crippen LogP contribution in [0, 0.1) is 50.3 Å². The summed E-state index contributed by atoms with van der Waals surface area (Å²) in [6.07, 6.45) is 5.56. The van der Waals surface area contributed by atoms with Gasteiger partial charge in [0.1, 0.15) is 0 Å². The van der Waals surface area contributed by atoms with Crippen LogP contribution >= 0.6 is 0 Å². The van der Waals surface area contributed by atoms with Crippen molar-refractivity contribution in [3.63, 3.8) is 0 Å². The molecule has 2 aromatic heterocycles. The Morgan fingerprint density at radius 3 is 1.52 bits per heavy atom. The van der Waals surface area contributed by atoms with Crippen molar-refractivity contribution in [3.05, 3.63) is 219 Å². The Kier molecular flexibility index (Phi) is 16.6. The van der Waals surface area contributed by atoms with Crippen LogP contribution < -0.4 is 34.1 Å². The summed E-state index contributed by atoms with van der Waals surface area (Å²) in [5, 5.41) is 0. The van der Waals surface area contributed by atoms with Gasteiger partial charge in [0.15, 0.2) is 0 Å². The van der Waals surface area contributed by atoms with Crippen molar-refractivity contribution in [3.8, 4) is 22.9 Å². The van der Waals surface area contributed by atoms with Crippen LogP contribution in [0.2, 0.25) is 0 Å². The standard InChI is InChI=1S/C36H38N4.C24H16N4O.Ir.Pt/c1-27(2)29-15-19-31(20-16-29)39-25-37(33-11-5-7-13-35(33)39)23-9-10-24-38-26-40(36-14-8-6-12-34(36)38)32-21-17-30(18-22-32)28(3)4;1-27-17-28(24-11-3-2-10-23(24)27)18-7-6-8-19(15-18)29-20-12-14-26-22(16-20)21-9-4-5-13-25-21;;/h5-8,11-19,21,25-28H,9-10,23-24H2,1-4H3;2-8,10-14,17H,1H3;;/q2*-4;;. The molecule has 0 fully saturated rings. The molecule has 0 unspecified atom stereocenters. The first-order valence-electron chi connectivity index (χ1n) is 23.7. The van der Waals surface area contributed by atoms with E-state index in [9.17, 15) is 0 Å². The summed E-state index contributed by atoms with van der Waals surface area (Å²) < 4.78 is 6.01. The minimum Gasteiger partial charge on any atom is -0.510 e. The van der Waals surface area contributed by atoms with E-state index in [1.807, 2.05) is 50.1 Å². The number of unbranched alkanes of at least 4 members (excludes halogenated alkanes) is 1. The summed E-state index contributed by atoms with van der Waals surface area (Å²) in [5.74, 6) is 2.16. The summed E-state index contributed by atoms with van der Waals surface area (Å²) in [5.41, 5.74) is 14.1. The molecule has 367 valence electrons. The molecular weight excluding hydrogens is 1240 g/mol. The van der Waals surface area contributed by atoms with Gasteiger partial charge >= 0.3 is 0 Å². The number of para-hydroxylation sites is 6. The van der Waals surface area contributed by atoms with E-state index in [-0.39, 0.29) is 41.2 Å². The molecule has 9 nitrogen and oxygen atoms in total. The molecule has 6 aromatic carbocycles. The zero-order chi connectivity index (χ0) is 47.3. The maximum Gasteiger partial charge on any atom is 0.0326 e. The minimum absolute atomic E-state index is 0. The van der Waals surface area contributed by atoms with Gasteiger partial charge in [0.2, 0.25) is 0 Å². The van der Waals surface area contributed by atoms with Gasteiger partial charge in [-0.25, -0.2) is 6.07 Å². The largest absolute Gasteiger partial charge is 0.510 e. The molecule has 1 radical (unpaired) electrons. The van der Waals surface area contributed by atoms with Gasteiger partial charge in [-0.3, -0.25) is 0 Å². The van der Waals surface area contributed by atoms with Crippen LogP contribution in [0.3, 0.4) is 0 Å². The summed E-state index contributed by atoms with van der Waals surface area (Å²) in [4.78, 5) is 22.1. The quantitative estimate of drug-likeness (QED) is 0.0830. The summed E-state index contributed by atoms with van der Waals surface area (Å²) >= 11 is 0. The van der Waals surface area contributed by atoms with E-state index in [0.29, 0.717) is 34.7 Å². The third kappa shape index (κ3) is 11.4. The van der Waals surface area contributed by atoms with E-state index in [1.165, 1.54) is 33.9 Å². The topological polar surface area (TPSA) is 54.5 Å². The molecule has 0 saturated carbocycles. The second kappa shape index (κ2) is 23.2. The van der Waals surface area contributed by atoms with Gasteiger partial charge in [-0.15, -0.1) is 70.9 Å². The van der Waals surface area contributed by atoms with Crippen LogP contribution in [0.1, 0.15) is 63.5 Å². The van der Waals surface area contributed by atoms with E-state index >= 15 is 0 Å². The number of rotatable bonds is 13. The van der Waals surface area contributed by atoms with Crippen molar-refractivity contribution in [2.24, 2.45) is 0 Å². The molecule has 71 heavy (non-hydrogen) atoms. The van der Waals surface area contributed by atoms with Crippen LogP contribution in [0.5, 0.6) is 11.5 Å². The van der Waals surface area contributed by atoms with Gasteiger partial charge in [0.05, 0.1) is 0 Å². The monoisotopic (exact) mass is 1290 g/mol. The van der Waals surface area contributed by atoms with Crippen molar-refractivity contribution < 1.29 is 45.9 Å². The predicted octanol–water partition coefficient (Wildman–Crippen LogP) is 14.2. The number of ether oxygens (including phenoxy) is 1. The van der Waals surface area contributed by atoms with Gasteiger partial charge < -0.3 is 44.1 Å². The Labute approximate surface area is 448 Å². The molecule has 3 aliphatic rings. The fourth-order valence-corrected chi connectivity index (χ4v) is 8.74. The number of hydrogen-bond donors (Lipinski definition) is 0. The predicted molar refractivity (Wildman–Crippen MR) is 280 cm³/mol. The molecule has 3 aliphatic heterocycles. The zero-order valence-electron chi connectivity index (χ0n) is 40.4. The molecule has 0 N–H and O–H groups in total. The molecular formula is C60H54IrN8OPt-8. The van der Waals surface area contributed by atoms with Crippen molar-refractivity contribution >= 4 is 51.2 Å². The second-order valence-electron chi connectivity index (χ2n) is 17.9. The average molecular weight is 1290 g/mol. The molecule has 11 rings (SSSR count). The Morgan fingerprint density at radius 1 is 0.493 bits per heavy atom. The maximum atomic E-state index is 6.01. The number of benzene rings is 6. The first-order valence-corrected chi connectivity index (χ1v) is 23.7. The number of fused-ring (bicyclic) bond motifs is 3. The van der Waals surface area contributed by atoms with E-state index in [0.717, 1.165) is 54.4 Å². The van der Waals surface area contributed by atoms with Gasteiger partial charge in [-0.05, 0) is 81.8 Å². The van der Waals surface area contributed by atoms with Crippen LogP contribution in [-0.2, 0) is 41.2 Å². The van der Waals surface area contributed by atoms with Crippen molar-refractivity contribution in [2.75, 3.05) is 49.5 Å². The second-order valence-corrected chi connectivity index (χ2v) is 17.9. The Morgan fingerprint density at radius 2 is 1.00 bits per heavy atom. The first-order chi connectivity index (χ1) is 33.8. The van der Waals surface area contributed by atoms with Crippen LogP contribution in [0.25, 0.3) is 11.4 Å². The van der Waals surface area contributed by atoms with E-state index in [1.54, 1.807) is 24.5 Å². The molecule has 8 aromatic rings. The van der Waals surface area contributed by atoms with Crippen LogP contribution in [0.4, 0.5) is 51.2 Å². The molecule has 0 bridgehead atoms. The number of pyridine rings is 2. The van der Waals surface area contributed by atoms with Crippen LogP contribution in [-0.4, -0.2) is 30.1 Å². The fourth-order valence-electron chi connectivity index (χ4n) is 8.74. The number of hydrogen-bond acceptors (Lipinski definition) is 9. The maximum absolute atomic E-state index is 6.01. The van der Waals surface area contributed by atoms with Crippen molar-refractivity contribution in [2.45, 2.75) is 52.4 Å². The zero-order valence-corrected chi connectivity index (χ0v) is 45.0. The molecule has 0 aliphatic carbocycles. The Bertz CT molecular complexity index is 2880. The molecule has 0 saturated heterocycles. The first kappa shape index (κ1) is 50.9. The molecule has 0 atom stereocenters. The van der Waals surface area contributed by atoms with E-state index in [2.05, 4.69) is 208 Å². The molecule has 0 spiro atoms.